The summed E-state index contributed by atoms with van der Waals surface area (Å²) in [5.74, 6) is 0.980. The summed E-state index contributed by atoms with van der Waals surface area (Å²) in [6.07, 6.45) is 22.4. The van der Waals surface area contributed by atoms with E-state index in [4.69, 9.17) is 5.11 Å². The molecule has 1 nitrogen and oxygen atoms in total. The zero-order chi connectivity index (χ0) is 16.3. The van der Waals surface area contributed by atoms with E-state index >= 15 is 0 Å². The lowest BCUT2D eigenvalue weighted by atomic mass is 10.0. The minimum atomic E-state index is 0.0981. The summed E-state index contributed by atoms with van der Waals surface area (Å²) < 4.78 is 0.0981. The van der Waals surface area contributed by atoms with Gasteiger partial charge in [0.1, 0.15) is 0 Å². The number of hydrogen-bond acceptors (Lipinski definition) is 2. The molecule has 0 saturated heterocycles. The average molecular weight is 347 g/mol. The van der Waals surface area contributed by atoms with Crippen LogP contribution in [-0.2, 0) is 0 Å². The monoisotopic (exact) mass is 346 g/mol. The van der Waals surface area contributed by atoms with Crippen LogP contribution in [0.4, 0.5) is 0 Å². The predicted molar refractivity (Wildman–Crippen MR) is 107 cm³/mol. The summed E-state index contributed by atoms with van der Waals surface area (Å²) in [5.41, 5.74) is 0. The number of aliphatic hydroxyl groups is 1. The van der Waals surface area contributed by atoms with Gasteiger partial charge in [0.2, 0.25) is 4.38 Å². The topological polar surface area (TPSA) is 20.2 Å². The largest absolute Gasteiger partial charge is 0.494 e. The van der Waals surface area contributed by atoms with Crippen LogP contribution in [0.2, 0.25) is 0 Å². The molecular weight excluding hydrogens is 308 g/mol. The molecule has 0 aliphatic carbocycles. The molecule has 0 fully saturated rings. The van der Waals surface area contributed by atoms with Crippen LogP contribution in [0, 0.1) is 0 Å². The summed E-state index contributed by atoms with van der Waals surface area (Å²) in [4.78, 5) is 0. The Morgan fingerprint density at radius 2 is 0.955 bits per heavy atom. The molecule has 0 spiro atoms. The smallest absolute Gasteiger partial charge is 0.217 e. The fraction of sp³-hybridized carbons (Fsp3) is 0.947. The zero-order valence-corrected chi connectivity index (χ0v) is 16.4. The number of hydrogen-bond donors (Lipinski definition) is 1. The average Bonchev–Trinajstić information content (AvgIpc) is 2.50. The third-order valence-corrected chi connectivity index (χ3v) is 5.32. The first-order valence-corrected chi connectivity index (χ1v) is 11.0. The lowest BCUT2D eigenvalue weighted by Gasteiger charge is -2.03. The van der Waals surface area contributed by atoms with E-state index in [-0.39, 0.29) is 4.38 Å². The maximum atomic E-state index is 8.87. The molecule has 0 aliphatic heterocycles. The normalized spacial score (nSPS) is 11.0. The number of thiocarbonyl (C=S) groups is 1. The molecule has 0 amide bonds. The van der Waals surface area contributed by atoms with Crippen LogP contribution in [0.25, 0.3) is 0 Å². The van der Waals surface area contributed by atoms with Crippen LogP contribution in [0.3, 0.4) is 0 Å². The minimum Gasteiger partial charge on any atom is -0.494 e. The van der Waals surface area contributed by atoms with E-state index in [0.717, 1.165) is 5.75 Å². The Kier molecular flexibility index (Phi) is 19.5. The summed E-state index contributed by atoms with van der Waals surface area (Å²) in [6, 6.07) is 0. The number of rotatable bonds is 17. The molecular formula is C19H38OS2. The van der Waals surface area contributed by atoms with Gasteiger partial charge < -0.3 is 5.11 Å². The third-order valence-electron chi connectivity index (χ3n) is 4.22. The molecule has 0 saturated carbocycles. The van der Waals surface area contributed by atoms with Crippen molar-refractivity contribution in [2.24, 2.45) is 0 Å². The second-order valence-corrected chi connectivity index (χ2v) is 8.15. The standard InChI is InChI=1S/C19H38OS2/c1-2-3-4-5-6-7-8-9-10-11-12-13-14-15-16-17-18-22-19(20)21/h2-18H2,1H3,(H,20,21). The maximum Gasteiger partial charge on any atom is 0.217 e. The van der Waals surface area contributed by atoms with Crippen molar-refractivity contribution >= 4 is 28.4 Å². The summed E-state index contributed by atoms with van der Waals surface area (Å²) in [7, 11) is 0. The molecule has 0 heterocycles. The van der Waals surface area contributed by atoms with Gasteiger partial charge in [-0.05, 0) is 18.6 Å². The van der Waals surface area contributed by atoms with Crippen molar-refractivity contribution in [3.8, 4) is 0 Å². The molecule has 0 bridgehead atoms. The lowest BCUT2D eigenvalue weighted by Crippen LogP contribution is -1.88. The highest BCUT2D eigenvalue weighted by atomic mass is 32.2. The molecule has 0 aromatic carbocycles. The van der Waals surface area contributed by atoms with Crippen LogP contribution in [-0.4, -0.2) is 15.2 Å². The molecule has 0 unspecified atom stereocenters. The molecule has 0 aromatic heterocycles. The first-order chi connectivity index (χ1) is 10.8. The number of unbranched alkanes of at least 4 members (excludes halogenated alkanes) is 15. The van der Waals surface area contributed by atoms with E-state index < -0.39 is 0 Å². The molecule has 0 aliphatic rings. The van der Waals surface area contributed by atoms with Crippen molar-refractivity contribution in [2.45, 2.75) is 110 Å². The Morgan fingerprint density at radius 3 is 1.27 bits per heavy atom. The van der Waals surface area contributed by atoms with Crippen molar-refractivity contribution in [3.63, 3.8) is 0 Å². The molecule has 1 N–H and O–H groups in total. The van der Waals surface area contributed by atoms with E-state index in [9.17, 15) is 0 Å². The maximum absolute atomic E-state index is 8.87. The van der Waals surface area contributed by atoms with Crippen molar-refractivity contribution in [3.05, 3.63) is 0 Å². The summed E-state index contributed by atoms with van der Waals surface area (Å²) in [6.45, 7) is 2.28. The van der Waals surface area contributed by atoms with Crippen molar-refractivity contribution < 1.29 is 5.11 Å². The summed E-state index contributed by atoms with van der Waals surface area (Å²) >= 11 is 6.03. The second kappa shape index (κ2) is 19.3. The first-order valence-electron chi connectivity index (χ1n) is 9.63. The Labute approximate surface area is 149 Å². The van der Waals surface area contributed by atoms with Gasteiger partial charge in [-0.15, -0.1) is 0 Å². The van der Waals surface area contributed by atoms with Gasteiger partial charge in [-0.3, -0.25) is 0 Å². The molecule has 132 valence electrons. The number of thioether (sulfide) groups is 1. The van der Waals surface area contributed by atoms with Crippen molar-refractivity contribution in [1.82, 2.24) is 0 Å². The SMILES string of the molecule is CCCCCCCCCCCCCCCCCCSC(O)=S. The molecule has 0 aromatic rings. The van der Waals surface area contributed by atoms with Crippen LogP contribution in [0.1, 0.15) is 110 Å². The van der Waals surface area contributed by atoms with E-state index in [1.165, 1.54) is 114 Å². The number of aliphatic hydroxyl groups excluding tert-OH is 1. The van der Waals surface area contributed by atoms with E-state index in [2.05, 4.69) is 19.1 Å². The van der Waals surface area contributed by atoms with Crippen LogP contribution < -0.4 is 0 Å². The highest BCUT2D eigenvalue weighted by molar-refractivity contribution is 8.22. The predicted octanol–water partition coefficient (Wildman–Crippen LogP) is 7.82. The van der Waals surface area contributed by atoms with Crippen molar-refractivity contribution in [1.29, 1.82) is 0 Å². The van der Waals surface area contributed by atoms with Crippen LogP contribution in [0.15, 0.2) is 0 Å². The van der Waals surface area contributed by atoms with Gasteiger partial charge in [-0.25, -0.2) is 0 Å². The van der Waals surface area contributed by atoms with Gasteiger partial charge in [0.15, 0.2) is 0 Å². The zero-order valence-electron chi connectivity index (χ0n) is 14.8. The van der Waals surface area contributed by atoms with Gasteiger partial charge in [0.05, 0.1) is 0 Å². The van der Waals surface area contributed by atoms with E-state index in [1.807, 2.05) is 0 Å². The van der Waals surface area contributed by atoms with Gasteiger partial charge in [0.25, 0.3) is 0 Å². The quantitative estimate of drug-likeness (QED) is 0.214. The van der Waals surface area contributed by atoms with Gasteiger partial charge in [-0.2, -0.15) is 0 Å². The van der Waals surface area contributed by atoms with Gasteiger partial charge >= 0.3 is 0 Å². The fourth-order valence-corrected chi connectivity index (χ4v) is 3.58. The van der Waals surface area contributed by atoms with Crippen molar-refractivity contribution in [2.75, 3.05) is 5.75 Å². The summed E-state index contributed by atoms with van der Waals surface area (Å²) in [5, 5.41) is 8.87. The van der Waals surface area contributed by atoms with Crippen LogP contribution in [0.5, 0.6) is 0 Å². The van der Waals surface area contributed by atoms with Gasteiger partial charge in [0, 0.05) is 5.75 Å². The minimum absolute atomic E-state index is 0.0981. The Hall–Kier alpha value is 0.240. The fourth-order valence-electron chi connectivity index (χ4n) is 2.81. The third kappa shape index (κ3) is 20.2. The highest BCUT2D eigenvalue weighted by Crippen LogP contribution is 2.14. The van der Waals surface area contributed by atoms with E-state index in [0.29, 0.717) is 0 Å². The molecule has 3 heteroatoms. The second-order valence-electron chi connectivity index (χ2n) is 6.42. The molecule has 0 rings (SSSR count). The Bertz CT molecular complexity index is 231. The van der Waals surface area contributed by atoms with Gasteiger partial charge in [-0.1, -0.05) is 115 Å². The lowest BCUT2D eigenvalue weighted by molar-refractivity contribution is 0.531. The highest BCUT2D eigenvalue weighted by Gasteiger charge is 1.96. The molecule has 22 heavy (non-hydrogen) atoms. The Morgan fingerprint density at radius 1 is 0.636 bits per heavy atom. The van der Waals surface area contributed by atoms with E-state index in [1.54, 1.807) is 0 Å². The Balaban J connectivity index is 2.95. The molecule has 0 atom stereocenters. The molecule has 0 radical (unpaired) electrons. The first kappa shape index (κ1) is 22.2. The van der Waals surface area contributed by atoms with Crippen LogP contribution >= 0.6 is 24.0 Å².